The Morgan fingerprint density at radius 1 is 1.17 bits per heavy atom. The number of aromatic nitrogens is 1. The molecule has 0 bridgehead atoms. The molecular weight excluding hydrogens is 335 g/mol. The minimum Gasteiger partial charge on any atom is -0.293 e. The number of carbonyl (C=O) groups is 1. The van der Waals surface area contributed by atoms with Crippen molar-refractivity contribution in [3.05, 3.63) is 40.4 Å². The smallest absolute Gasteiger partial charge is 0.293 e. The molecule has 0 fully saturated rings. The minimum atomic E-state index is -4.35. The Morgan fingerprint density at radius 2 is 1.75 bits per heavy atom. The molecule has 1 aromatic carbocycles. The van der Waals surface area contributed by atoms with E-state index < -0.39 is 11.7 Å². The predicted molar refractivity (Wildman–Crippen MR) is 92.5 cm³/mol. The molecule has 0 N–H and O–H groups in total. The third kappa shape index (κ3) is 5.16. The number of ketones is 1. The second-order valence-corrected chi connectivity index (χ2v) is 6.03. The third-order valence-electron chi connectivity index (χ3n) is 3.27. The van der Waals surface area contributed by atoms with E-state index in [1.807, 2.05) is 20.8 Å². The Labute approximate surface area is 144 Å². The van der Waals surface area contributed by atoms with Gasteiger partial charge in [0.1, 0.15) is 5.01 Å². The standard InChI is InChI=1S/C16H16F3NOS.C2H6/c1-3-4-5-13(21)14-10(2)20-15(22-14)11-6-8-12(9-7-11)16(17,18)19;1-2/h6-9H,3-5H2,1-2H3;1-2H3. The molecule has 0 radical (unpaired) electrons. The van der Waals surface area contributed by atoms with Crippen LogP contribution in [0.3, 0.4) is 0 Å². The normalized spacial score (nSPS) is 11.0. The number of rotatable bonds is 5. The van der Waals surface area contributed by atoms with Crippen molar-refractivity contribution in [2.24, 2.45) is 0 Å². The Morgan fingerprint density at radius 3 is 2.25 bits per heavy atom. The van der Waals surface area contributed by atoms with E-state index in [9.17, 15) is 18.0 Å². The van der Waals surface area contributed by atoms with Crippen molar-refractivity contribution in [2.75, 3.05) is 0 Å². The zero-order chi connectivity index (χ0) is 18.3. The van der Waals surface area contributed by atoms with Crippen LogP contribution in [0.5, 0.6) is 0 Å². The van der Waals surface area contributed by atoms with Gasteiger partial charge in [0.15, 0.2) is 5.78 Å². The quantitative estimate of drug-likeness (QED) is 0.569. The summed E-state index contributed by atoms with van der Waals surface area (Å²) in [6.07, 6.45) is -2.11. The first-order chi connectivity index (χ1) is 11.3. The lowest BCUT2D eigenvalue weighted by Crippen LogP contribution is -2.03. The predicted octanol–water partition coefficient (Wildman–Crippen LogP) is 6.54. The minimum absolute atomic E-state index is 0.0509. The van der Waals surface area contributed by atoms with Crippen LogP contribution in [0.1, 0.15) is 61.0 Å². The molecule has 2 nitrogen and oxygen atoms in total. The molecule has 2 aromatic rings. The maximum atomic E-state index is 12.6. The van der Waals surface area contributed by atoms with Gasteiger partial charge in [-0.3, -0.25) is 4.79 Å². The summed E-state index contributed by atoms with van der Waals surface area (Å²) in [6, 6.07) is 4.85. The molecule has 0 aliphatic heterocycles. The van der Waals surface area contributed by atoms with E-state index in [4.69, 9.17) is 0 Å². The molecule has 24 heavy (non-hydrogen) atoms. The topological polar surface area (TPSA) is 30.0 Å². The van der Waals surface area contributed by atoms with Gasteiger partial charge in [0.2, 0.25) is 0 Å². The van der Waals surface area contributed by atoms with Crippen LogP contribution in [0.2, 0.25) is 0 Å². The molecule has 0 saturated heterocycles. The molecule has 132 valence electrons. The van der Waals surface area contributed by atoms with Crippen molar-refractivity contribution in [2.45, 2.75) is 53.1 Å². The first-order valence-electron chi connectivity index (χ1n) is 8.01. The number of thiazole rings is 1. The highest BCUT2D eigenvalue weighted by molar-refractivity contribution is 7.17. The first-order valence-corrected chi connectivity index (χ1v) is 8.83. The van der Waals surface area contributed by atoms with Gasteiger partial charge < -0.3 is 0 Å². The Balaban J connectivity index is 0.00000139. The van der Waals surface area contributed by atoms with Crippen LogP contribution >= 0.6 is 11.3 Å². The zero-order valence-corrected chi connectivity index (χ0v) is 15.1. The van der Waals surface area contributed by atoms with Crippen molar-refractivity contribution in [3.63, 3.8) is 0 Å². The van der Waals surface area contributed by atoms with E-state index in [-0.39, 0.29) is 5.78 Å². The number of alkyl halides is 3. The maximum absolute atomic E-state index is 12.6. The first kappa shape index (κ1) is 20.4. The summed E-state index contributed by atoms with van der Waals surface area (Å²) in [7, 11) is 0. The fourth-order valence-electron chi connectivity index (χ4n) is 2.03. The average molecular weight is 357 g/mol. The molecule has 0 unspecified atom stereocenters. The van der Waals surface area contributed by atoms with Crippen LogP contribution in [0.15, 0.2) is 24.3 Å². The highest BCUT2D eigenvalue weighted by Crippen LogP contribution is 2.33. The lowest BCUT2D eigenvalue weighted by molar-refractivity contribution is -0.137. The number of unbranched alkanes of at least 4 members (excludes halogenated alkanes) is 1. The highest BCUT2D eigenvalue weighted by atomic mass is 32.1. The van der Waals surface area contributed by atoms with Crippen LogP contribution in [0.25, 0.3) is 10.6 Å². The van der Waals surface area contributed by atoms with Gasteiger partial charge in [-0.2, -0.15) is 13.2 Å². The summed E-state index contributed by atoms with van der Waals surface area (Å²) in [6.45, 7) is 7.77. The average Bonchev–Trinajstić information content (AvgIpc) is 2.96. The largest absolute Gasteiger partial charge is 0.416 e. The number of Topliss-reactive ketones (excluding diaryl/α,β-unsaturated/α-hetero) is 1. The number of hydrogen-bond donors (Lipinski definition) is 0. The van der Waals surface area contributed by atoms with Gasteiger partial charge in [0.05, 0.1) is 16.1 Å². The maximum Gasteiger partial charge on any atom is 0.416 e. The molecule has 0 saturated carbocycles. The van der Waals surface area contributed by atoms with E-state index in [0.29, 0.717) is 27.6 Å². The summed E-state index contributed by atoms with van der Waals surface area (Å²) >= 11 is 1.24. The number of benzene rings is 1. The van der Waals surface area contributed by atoms with Gasteiger partial charge in [-0.05, 0) is 25.5 Å². The SMILES string of the molecule is CC.CCCCC(=O)c1sc(-c2ccc(C(F)(F)F)cc2)nc1C. The van der Waals surface area contributed by atoms with Gasteiger partial charge in [-0.15, -0.1) is 11.3 Å². The molecular formula is C18H22F3NOS. The monoisotopic (exact) mass is 357 g/mol. The van der Waals surface area contributed by atoms with Crippen molar-refractivity contribution >= 4 is 17.1 Å². The second kappa shape index (κ2) is 8.97. The van der Waals surface area contributed by atoms with Crippen LogP contribution < -0.4 is 0 Å². The molecule has 1 heterocycles. The number of nitrogens with zero attached hydrogens (tertiary/aromatic N) is 1. The molecule has 0 aliphatic rings. The fraction of sp³-hybridized carbons (Fsp3) is 0.444. The molecule has 0 aliphatic carbocycles. The van der Waals surface area contributed by atoms with E-state index in [1.54, 1.807) is 6.92 Å². The van der Waals surface area contributed by atoms with Crippen LogP contribution in [0.4, 0.5) is 13.2 Å². The number of aryl methyl sites for hydroxylation is 1. The van der Waals surface area contributed by atoms with Crippen LogP contribution in [-0.4, -0.2) is 10.8 Å². The molecule has 1 aromatic heterocycles. The summed E-state index contributed by atoms with van der Waals surface area (Å²) in [5.41, 5.74) is 0.542. The van der Waals surface area contributed by atoms with E-state index >= 15 is 0 Å². The fourth-order valence-corrected chi connectivity index (χ4v) is 3.07. The van der Waals surface area contributed by atoms with Gasteiger partial charge >= 0.3 is 6.18 Å². The Kier molecular flexibility index (Phi) is 7.60. The Hall–Kier alpha value is -1.69. The van der Waals surface area contributed by atoms with Crippen molar-refractivity contribution in [3.8, 4) is 10.6 Å². The van der Waals surface area contributed by atoms with Crippen molar-refractivity contribution in [1.82, 2.24) is 4.98 Å². The molecule has 0 atom stereocenters. The second-order valence-electron chi connectivity index (χ2n) is 5.04. The zero-order valence-electron chi connectivity index (χ0n) is 14.3. The van der Waals surface area contributed by atoms with Crippen molar-refractivity contribution in [1.29, 1.82) is 0 Å². The van der Waals surface area contributed by atoms with E-state index in [0.717, 1.165) is 25.0 Å². The summed E-state index contributed by atoms with van der Waals surface area (Å²) in [4.78, 5) is 17.0. The summed E-state index contributed by atoms with van der Waals surface area (Å²) in [5, 5.41) is 0.575. The molecule has 0 amide bonds. The molecule has 0 spiro atoms. The summed E-state index contributed by atoms with van der Waals surface area (Å²) < 4.78 is 37.7. The van der Waals surface area contributed by atoms with Gasteiger partial charge in [0, 0.05) is 12.0 Å². The molecule has 2 rings (SSSR count). The van der Waals surface area contributed by atoms with Gasteiger partial charge in [-0.25, -0.2) is 4.98 Å². The summed E-state index contributed by atoms with van der Waals surface area (Å²) in [5.74, 6) is 0.0509. The van der Waals surface area contributed by atoms with E-state index in [1.165, 1.54) is 23.5 Å². The van der Waals surface area contributed by atoms with Gasteiger partial charge in [0.25, 0.3) is 0 Å². The van der Waals surface area contributed by atoms with Crippen molar-refractivity contribution < 1.29 is 18.0 Å². The van der Waals surface area contributed by atoms with Crippen LogP contribution in [-0.2, 0) is 6.18 Å². The third-order valence-corrected chi connectivity index (χ3v) is 4.51. The number of hydrogen-bond acceptors (Lipinski definition) is 3. The lowest BCUT2D eigenvalue weighted by atomic mass is 10.1. The van der Waals surface area contributed by atoms with E-state index in [2.05, 4.69) is 4.98 Å². The highest BCUT2D eigenvalue weighted by Gasteiger charge is 2.30. The Bertz CT molecular complexity index is 660. The van der Waals surface area contributed by atoms with Crippen LogP contribution in [0, 0.1) is 6.92 Å². The lowest BCUT2D eigenvalue weighted by Gasteiger charge is -2.06. The van der Waals surface area contributed by atoms with Gasteiger partial charge in [-0.1, -0.05) is 39.3 Å². The number of halogens is 3. The molecule has 6 heteroatoms. The number of carbonyl (C=O) groups excluding carboxylic acids is 1.